The third kappa shape index (κ3) is 2.52. The van der Waals surface area contributed by atoms with Crippen molar-refractivity contribution in [3.63, 3.8) is 0 Å². The molecule has 0 bridgehead atoms. The largest absolute Gasteiger partial charge is 0.396 e. The number of anilines is 1. The Balaban J connectivity index is 1.80. The van der Waals surface area contributed by atoms with Gasteiger partial charge in [-0.25, -0.2) is 8.78 Å². The van der Waals surface area contributed by atoms with Crippen molar-refractivity contribution in [2.75, 3.05) is 37.7 Å². The van der Waals surface area contributed by atoms with Gasteiger partial charge < -0.3 is 15.3 Å². The maximum atomic E-state index is 14.3. The van der Waals surface area contributed by atoms with Gasteiger partial charge in [-0.15, -0.1) is 0 Å². The van der Waals surface area contributed by atoms with E-state index in [1.165, 1.54) is 12.1 Å². The highest BCUT2D eigenvalue weighted by Crippen LogP contribution is 2.33. The maximum absolute atomic E-state index is 14.3. The Hall–Kier alpha value is -1.20. The summed E-state index contributed by atoms with van der Waals surface area (Å²) >= 11 is 0. The van der Waals surface area contributed by atoms with Gasteiger partial charge in [-0.05, 0) is 31.5 Å². The zero-order valence-corrected chi connectivity index (χ0v) is 11.4. The second-order valence-corrected chi connectivity index (χ2v) is 5.82. The third-order valence-corrected chi connectivity index (χ3v) is 4.35. The molecule has 0 radical (unpaired) electrons. The zero-order valence-electron chi connectivity index (χ0n) is 11.4. The van der Waals surface area contributed by atoms with E-state index in [0.29, 0.717) is 25.3 Å². The molecule has 3 rings (SSSR count). The number of benzene rings is 1. The van der Waals surface area contributed by atoms with Crippen molar-refractivity contribution in [1.29, 1.82) is 0 Å². The number of piperidine rings is 1. The number of halogens is 2. The highest BCUT2D eigenvalue weighted by molar-refractivity contribution is 5.51. The first-order valence-electron chi connectivity index (χ1n) is 7.24. The first-order chi connectivity index (χ1) is 9.69. The van der Waals surface area contributed by atoms with Gasteiger partial charge in [-0.3, -0.25) is 0 Å². The van der Waals surface area contributed by atoms with Crippen LogP contribution in [0.4, 0.5) is 14.5 Å². The maximum Gasteiger partial charge on any atom is 0.131 e. The predicted molar refractivity (Wildman–Crippen MR) is 74.0 cm³/mol. The van der Waals surface area contributed by atoms with Crippen LogP contribution in [0.1, 0.15) is 24.3 Å². The topological polar surface area (TPSA) is 35.5 Å². The molecule has 2 aliphatic heterocycles. The molecule has 110 valence electrons. The molecule has 0 spiro atoms. The number of nitrogens with one attached hydrogen (secondary N) is 1. The van der Waals surface area contributed by atoms with Crippen LogP contribution in [0.3, 0.4) is 0 Å². The van der Waals surface area contributed by atoms with Gasteiger partial charge in [0.25, 0.3) is 0 Å². The smallest absolute Gasteiger partial charge is 0.131 e. The lowest BCUT2D eigenvalue weighted by molar-refractivity contribution is 0.200. The van der Waals surface area contributed by atoms with Crippen LogP contribution in [0.2, 0.25) is 0 Å². The highest BCUT2D eigenvalue weighted by atomic mass is 19.1. The summed E-state index contributed by atoms with van der Waals surface area (Å²) in [5, 5.41) is 12.2. The number of nitrogens with zero attached hydrogens (tertiary/aromatic N) is 1. The fourth-order valence-electron chi connectivity index (χ4n) is 3.14. The van der Waals surface area contributed by atoms with E-state index in [2.05, 4.69) is 5.32 Å². The van der Waals surface area contributed by atoms with Crippen LogP contribution < -0.4 is 10.2 Å². The van der Waals surface area contributed by atoms with Gasteiger partial charge in [0.15, 0.2) is 0 Å². The predicted octanol–water partition coefficient (Wildman–Crippen LogP) is 1.86. The lowest BCUT2D eigenvalue weighted by Crippen LogP contribution is -2.48. The molecule has 2 fully saturated rings. The standard InChI is InChI=1S/C15H20F2N2O/c16-13-4-12(19-7-10(8-19)9-20)5-14(17)15(13)11-2-1-3-18-6-11/h4-5,10-11,18,20H,1-3,6-9H2/t11-/m0/s1. The molecule has 2 saturated heterocycles. The van der Waals surface area contributed by atoms with Crippen LogP contribution in [0.5, 0.6) is 0 Å². The van der Waals surface area contributed by atoms with Crippen LogP contribution in [0.25, 0.3) is 0 Å². The Morgan fingerprint density at radius 2 is 1.95 bits per heavy atom. The Morgan fingerprint density at radius 1 is 1.25 bits per heavy atom. The number of hydrogen-bond donors (Lipinski definition) is 2. The van der Waals surface area contributed by atoms with E-state index in [-0.39, 0.29) is 24.0 Å². The Labute approximate surface area is 117 Å². The molecule has 1 atom stereocenters. The van der Waals surface area contributed by atoms with Crippen molar-refractivity contribution in [2.24, 2.45) is 5.92 Å². The molecule has 2 N–H and O–H groups in total. The van der Waals surface area contributed by atoms with E-state index in [1.54, 1.807) is 0 Å². The molecule has 0 aliphatic carbocycles. The quantitative estimate of drug-likeness (QED) is 0.888. The SMILES string of the molecule is OCC1CN(c2cc(F)c([C@H]3CCCNC3)c(F)c2)C1. The number of aliphatic hydroxyl groups is 1. The number of aliphatic hydroxyl groups excluding tert-OH is 1. The molecule has 3 nitrogen and oxygen atoms in total. The third-order valence-electron chi connectivity index (χ3n) is 4.35. The van der Waals surface area contributed by atoms with Crippen molar-refractivity contribution in [2.45, 2.75) is 18.8 Å². The molecule has 2 heterocycles. The van der Waals surface area contributed by atoms with Crippen molar-refractivity contribution in [3.05, 3.63) is 29.3 Å². The second-order valence-electron chi connectivity index (χ2n) is 5.82. The molecule has 0 unspecified atom stereocenters. The normalized spacial score (nSPS) is 23.8. The van der Waals surface area contributed by atoms with E-state index in [1.807, 2.05) is 4.90 Å². The molecule has 1 aromatic carbocycles. The second kappa shape index (κ2) is 5.66. The summed E-state index contributed by atoms with van der Waals surface area (Å²) < 4.78 is 28.5. The fraction of sp³-hybridized carbons (Fsp3) is 0.600. The lowest BCUT2D eigenvalue weighted by Gasteiger charge is -2.40. The van der Waals surface area contributed by atoms with E-state index in [4.69, 9.17) is 5.11 Å². The summed E-state index contributed by atoms with van der Waals surface area (Å²) in [6.07, 6.45) is 1.78. The molecule has 1 aromatic rings. The molecule has 2 aliphatic rings. The first-order valence-corrected chi connectivity index (χ1v) is 7.24. The Bertz CT molecular complexity index is 460. The molecular formula is C15H20F2N2O. The molecule has 5 heteroatoms. The zero-order chi connectivity index (χ0) is 14.1. The minimum atomic E-state index is -0.443. The van der Waals surface area contributed by atoms with Crippen molar-refractivity contribution < 1.29 is 13.9 Å². The van der Waals surface area contributed by atoms with Crippen LogP contribution in [-0.4, -0.2) is 37.9 Å². The van der Waals surface area contributed by atoms with Gasteiger partial charge in [-0.2, -0.15) is 0 Å². The van der Waals surface area contributed by atoms with Gasteiger partial charge in [0, 0.05) is 49.3 Å². The molecule has 0 saturated carbocycles. The highest BCUT2D eigenvalue weighted by Gasteiger charge is 2.29. The summed E-state index contributed by atoms with van der Waals surface area (Å²) in [6, 6.07) is 2.86. The first kappa shape index (κ1) is 13.8. The van der Waals surface area contributed by atoms with Gasteiger partial charge in [0.05, 0.1) is 0 Å². The Kier molecular flexibility index (Phi) is 3.89. The van der Waals surface area contributed by atoms with Crippen LogP contribution >= 0.6 is 0 Å². The summed E-state index contributed by atoms with van der Waals surface area (Å²) in [4.78, 5) is 1.90. The van der Waals surface area contributed by atoms with Gasteiger partial charge in [-0.1, -0.05) is 0 Å². The Morgan fingerprint density at radius 3 is 2.50 bits per heavy atom. The van der Waals surface area contributed by atoms with Crippen LogP contribution in [-0.2, 0) is 0 Å². The summed E-state index contributed by atoms with van der Waals surface area (Å²) in [5.41, 5.74) is 0.803. The average molecular weight is 282 g/mol. The molecule has 20 heavy (non-hydrogen) atoms. The van der Waals surface area contributed by atoms with E-state index >= 15 is 0 Å². The fourth-order valence-corrected chi connectivity index (χ4v) is 3.14. The van der Waals surface area contributed by atoms with Gasteiger partial charge >= 0.3 is 0 Å². The van der Waals surface area contributed by atoms with Crippen molar-refractivity contribution >= 4 is 5.69 Å². The average Bonchev–Trinajstić information content (AvgIpc) is 2.38. The summed E-state index contributed by atoms with van der Waals surface area (Å²) in [6.45, 7) is 3.03. The van der Waals surface area contributed by atoms with Gasteiger partial charge in [0.1, 0.15) is 11.6 Å². The monoisotopic (exact) mass is 282 g/mol. The van der Waals surface area contributed by atoms with Crippen molar-refractivity contribution in [1.82, 2.24) is 5.32 Å². The molecule has 0 aromatic heterocycles. The van der Waals surface area contributed by atoms with Crippen molar-refractivity contribution in [3.8, 4) is 0 Å². The van der Waals surface area contributed by atoms with E-state index in [9.17, 15) is 8.78 Å². The minimum Gasteiger partial charge on any atom is -0.396 e. The van der Waals surface area contributed by atoms with E-state index in [0.717, 1.165) is 19.4 Å². The summed E-state index contributed by atoms with van der Waals surface area (Å²) in [7, 11) is 0. The summed E-state index contributed by atoms with van der Waals surface area (Å²) in [5.74, 6) is -0.731. The molecule has 0 amide bonds. The van der Waals surface area contributed by atoms with Crippen LogP contribution in [0, 0.1) is 17.6 Å². The number of hydrogen-bond acceptors (Lipinski definition) is 3. The van der Waals surface area contributed by atoms with Crippen LogP contribution in [0.15, 0.2) is 12.1 Å². The van der Waals surface area contributed by atoms with Gasteiger partial charge in [0.2, 0.25) is 0 Å². The molecular weight excluding hydrogens is 262 g/mol. The lowest BCUT2D eigenvalue weighted by atomic mass is 9.90. The number of rotatable bonds is 3. The van der Waals surface area contributed by atoms with E-state index < -0.39 is 11.6 Å². The minimum absolute atomic E-state index is 0.0700.